The molecule has 2 atom stereocenters. The second-order valence-electron chi connectivity index (χ2n) is 5.55. The van der Waals surface area contributed by atoms with Crippen LogP contribution in [0.5, 0.6) is 11.5 Å². The smallest absolute Gasteiger partial charge is 0.231 e. The molecule has 0 saturated carbocycles. The number of ether oxygens (including phenoxy) is 2. The topological polar surface area (TPSA) is 30.5 Å². The lowest BCUT2D eigenvalue weighted by atomic mass is 10.0. The quantitative estimate of drug-likeness (QED) is 0.903. The zero-order valence-corrected chi connectivity index (χ0v) is 12.5. The molecule has 0 aromatic heterocycles. The lowest BCUT2D eigenvalue weighted by Crippen LogP contribution is -2.23. The van der Waals surface area contributed by atoms with Gasteiger partial charge in [0, 0.05) is 12.6 Å². The minimum absolute atomic E-state index is 0.283. The summed E-state index contributed by atoms with van der Waals surface area (Å²) in [6, 6.07) is 17.0. The number of hydrogen-bond donors (Lipinski definition) is 1. The minimum Gasteiger partial charge on any atom is -0.454 e. The molecule has 0 fully saturated rings. The predicted molar refractivity (Wildman–Crippen MR) is 83.8 cm³/mol. The molecule has 21 heavy (non-hydrogen) atoms. The van der Waals surface area contributed by atoms with E-state index in [1.54, 1.807) is 0 Å². The molecule has 1 N–H and O–H groups in total. The highest BCUT2D eigenvalue weighted by Crippen LogP contribution is 2.34. The first-order valence-corrected chi connectivity index (χ1v) is 7.42. The molecule has 110 valence electrons. The van der Waals surface area contributed by atoms with E-state index in [1.165, 1.54) is 11.1 Å². The van der Waals surface area contributed by atoms with Crippen molar-refractivity contribution in [3.05, 3.63) is 59.7 Å². The lowest BCUT2D eigenvalue weighted by molar-refractivity contribution is 0.174. The average molecular weight is 283 g/mol. The number of nitrogens with one attached hydrogen (secondary N) is 1. The summed E-state index contributed by atoms with van der Waals surface area (Å²) in [5.41, 5.74) is 2.59. The summed E-state index contributed by atoms with van der Waals surface area (Å²) in [7, 11) is 0. The Morgan fingerprint density at radius 2 is 1.71 bits per heavy atom. The fraction of sp³-hybridized carbons (Fsp3) is 0.333. The van der Waals surface area contributed by atoms with E-state index in [2.05, 4.69) is 61.6 Å². The maximum Gasteiger partial charge on any atom is 0.231 e. The summed E-state index contributed by atoms with van der Waals surface area (Å²) in [6.45, 7) is 5.69. The van der Waals surface area contributed by atoms with Crippen molar-refractivity contribution in [3.63, 3.8) is 0 Å². The van der Waals surface area contributed by atoms with E-state index < -0.39 is 0 Å². The van der Waals surface area contributed by atoms with E-state index in [0.717, 1.165) is 18.0 Å². The summed E-state index contributed by atoms with van der Waals surface area (Å²) in [4.78, 5) is 0. The summed E-state index contributed by atoms with van der Waals surface area (Å²) in [5.74, 6) is 2.17. The van der Waals surface area contributed by atoms with Crippen LogP contribution in [0.2, 0.25) is 0 Å². The fourth-order valence-electron chi connectivity index (χ4n) is 2.55. The van der Waals surface area contributed by atoms with Gasteiger partial charge in [-0.3, -0.25) is 0 Å². The number of hydrogen-bond acceptors (Lipinski definition) is 3. The van der Waals surface area contributed by atoms with Crippen LogP contribution >= 0.6 is 0 Å². The second-order valence-corrected chi connectivity index (χ2v) is 5.55. The van der Waals surface area contributed by atoms with Gasteiger partial charge in [0.25, 0.3) is 0 Å². The van der Waals surface area contributed by atoms with Crippen LogP contribution in [0.1, 0.15) is 36.9 Å². The van der Waals surface area contributed by atoms with Gasteiger partial charge in [0.2, 0.25) is 6.79 Å². The summed E-state index contributed by atoms with van der Waals surface area (Å²) >= 11 is 0. The Balaban J connectivity index is 1.60. The third kappa shape index (κ3) is 3.19. The predicted octanol–water partition coefficient (Wildman–Crippen LogP) is 3.87. The first kappa shape index (κ1) is 14.0. The Labute approximate surface area is 125 Å². The highest BCUT2D eigenvalue weighted by atomic mass is 16.7. The van der Waals surface area contributed by atoms with Crippen molar-refractivity contribution in [1.82, 2.24) is 5.32 Å². The molecule has 0 radical (unpaired) electrons. The molecule has 3 rings (SSSR count). The largest absolute Gasteiger partial charge is 0.454 e. The van der Waals surface area contributed by atoms with Gasteiger partial charge in [-0.25, -0.2) is 0 Å². The monoisotopic (exact) mass is 283 g/mol. The van der Waals surface area contributed by atoms with Gasteiger partial charge >= 0.3 is 0 Å². The molecule has 3 nitrogen and oxygen atoms in total. The summed E-state index contributed by atoms with van der Waals surface area (Å²) < 4.78 is 10.8. The molecular formula is C18H21NO2. The Morgan fingerprint density at radius 3 is 2.52 bits per heavy atom. The molecule has 1 aliphatic heterocycles. The third-order valence-electron chi connectivity index (χ3n) is 4.00. The van der Waals surface area contributed by atoms with E-state index in [4.69, 9.17) is 9.47 Å². The van der Waals surface area contributed by atoms with E-state index in [1.807, 2.05) is 6.07 Å². The van der Waals surface area contributed by atoms with Crippen LogP contribution in [0, 0.1) is 0 Å². The molecule has 0 saturated heterocycles. The van der Waals surface area contributed by atoms with E-state index >= 15 is 0 Å². The molecule has 2 aromatic rings. The van der Waals surface area contributed by atoms with Crippen molar-refractivity contribution in [2.24, 2.45) is 0 Å². The Bertz CT molecular complexity index is 597. The number of fused-ring (bicyclic) bond motifs is 1. The fourth-order valence-corrected chi connectivity index (χ4v) is 2.55. The van der Waals surface area contributed by atoms with E-state index in [9.17, 15) is 0 Å². The molecule has 0 aliphatic carbocycles. The molecule has 1 aliphatic rings. The third-order valence-corrected chi connectivity index (χ3v) is 4.00. The van der Waals surface area contributed by atoms with Crippen LogP contribution < -0.4 is 14.8 Å². The highest BCUT2D eigenvalue weighted by Gasteiger charge is 2.16. The maximum atomic E-state index is 5.43. The van der Waals surface area contributed by atoms with Gasteiger partial charge in [0.15, 0.2) is 11.5 Å². The Hall–Kier alpha value is -2.00. The van der Waals surface area contributed by atoms with E-state index in [-0.39, 0.29) is 6.04 Å². The van der Waals surface area contributed by atoms with Crippen molar-refractivity contribution < 1.29 is 9.47 Å². The molecule has 1 heterocycles. The maximum absolute atomic E-state index is 5.43. The van der Waals surface area contributed by atoms with Gasteiger partial charge in [-0.1, -0.05) is 43.3 Å². The molecule has 2 unspecified atom stereocenters. The zero-order valence-electron chi connectivity index (χ0n) is 12.5. The van der Waals surface area contributed by atoms with Crippen LogP contribution in [0.25, 0.3) is 0 Å². The van der Waals surface area contributed by atoms with E-state index in [0.29, 0.717) is 12.7 Å². The lowest BCUT2D eigenvalue weighted by Gasteiger charge is -2.18. The zero-order chi connectivity index (χ0) is 14.7. The second kappa shape index (κ2) is 6.19. The molecule has 2 aromatic carbocycles. The van der Waals surface area contributed by atoms with Crippen molar-refractivity contribution in [1.29, 1.82) is 0 Å². The highest BCUT2D eigenvalue weighted by molar-refractivity contribution is 5.45. The molecular weight excluding hydrogens is 262 g/mol. The van der Waals surface area contributed by atoms with Crippen LogP contribution in [-0.4, -0.2) is 13.3 Å². The van der Waals surface area contributed by atoms with Crippen molar-refractivity contribution in [3.8, 4) is 11.5 Å². The summed E-state index contributed by atoms with van der Waals surface area (Å²) in [5, 5.41) is 3.59. The van der Waals surface area contributed by atoms with Crippen LogP contribution in [0.4, 0.5) is 0 Å². The van der Waals surface area contributed by atoms with Crippen molar-refractivity contribution >= 4 is 0 Å². The van der Waals surface area contributed by atoms with Gasteiger partial charge in [-0.2, -0.15) is 0 Å². The molecule has 3 heteroatoms. The van der Waals surface area contributed by atoms with Gasteiger partial charge in [0.05, 0.1) is 0 Å². The van der Waals surface area contributed by atoms with Crippen LogP contribution in [-0.2, 0) is 0 Å². The van der Waals surface area contributed by atoms with Crippen LogP contribution in [0.3, 0.4) is 0 Å². The average Bonchev–Trinajstić information content (AvgIpc) is 3.00. The van der Waals surface area contributed by atoms with Crippen molar-refractivity contribution in [2.75, 3.05) is 13.3 Å². The molecule has 0 spiro atoms. The first-order valence-electron chi connectivity index (χ1n) is 7.42. The Morgan fingerprint density at radius 1 is 0.952 bits per heavy atom. The first-order chi connectivity index (χ1) is 10.2. The number of rotatable bonds is 5. The van der Waals surface area contributed by atoms with Gasteiger partial charge in [0.1, 0.15) is 0 Å². The Kier molecular flexibility index (Phi) is 4.11. The van der Waals surface area contributed by atoms with Crippen molar-refractivity contribution in [2.45, 2.75) is 25.8 Å². The SMILES string of the molecule is CC(CNC(C)c1ccc2c(c1)OCO2)c1ccccc1. The molecule has 0 amide bonds. The minimum atomic E-state index is 0.283. The van der Waals surface area contributed by atoms with Gasteiger partial charge < -0.3 is 14.8 Å². The van der Waals surface area contributed by atoms with Gasteiger partial charge in [-0.05, 0) is 36.1 Å². The van der Waals surface area contributed by atoms with Crippen LogP contribution in [0.15, 0.2) is 48.5 Å². The number of benzene rings is 2. The summed E-state index contributed by atoms with van der Waals surface area (Å²) in [6.07, 6.45) is 0. The normalized spacial score (nSPS) is 15.7. The molecule has 0 bridgehead atoms. The van der Waals surface area contributed by atoms with Gasteiger partial charge in [-0.15, -0.1) is 0 Å². The standard InChI is InChI=1S/C18H21NO2/c1-13(15-6-4-3-5-7-15)11-19-14(2)16-8-9-17-18(10-16)21-12-20-17/h3-10,13-14,19H,11-12H2,1-2H3.